The Morgan fingerprint density at radius 3 is 2.17 bits per heavy atom. The zero-order valence-electron chi connectivity index (χ0n) is 35.4. The number of aldehydes is 1. The van der Waals surface area contributed by atoms with Gasteiger partial charge in [-0.2, -0.15) is 0 Å². The molecular weight excluding hydrogens is 661 g/mol. The molecule has 7 unspecified atom stereocenters. The average molecular weight is 737 g/mol. The molecule has 2 N–H and O–H groups in total. The molecule has 0 amide bonds. The van der Waals surface area contributed by atoms with Gasteiger partial charge in [-0.1, -0.05) is 46.8 Å². The van der Waals surface area contributed by atoms with Gasteiger partial charge in [0, 0.05) is 18.0 Å². The number of carboxylic acid groups (broad SMARTS) is 1. The Kier molecular flexibility index (Phi) is 11.5. The van der Waals surface area contributed by atoms with Crippen LogP contribution < -0.4 is 5.32 Å². The van der Waals surface area contributed by atoms with Gasteiger partial charge in [0.1, 0.15) is 12.4 Å². The number of carbonyl (C=O) groups is 3. The predicted molar refractivity (Wildman–Crippen MR) is 214 cm³/mol. The lowest BCUT2D eigenvalue weighted by Gasteiger charge is -2.89. The van der Waals surface area contributed by atoms with Gasteiger partial charge in [-0.3, -0.25) is 9.59 Å². The summed E-state index contributed by atoms with van der Waals surface area (Å²) in [7, 11) is 2.12. The minimum atomic E-state index is -1.11. The summed E-state index contributed by atoms with van der Waals surface area (Å²) in [5, 5.41) is 13.1. The maximum atomic E-state index is 13.1. The molecule has 7 nitrogen and oxygen atoms in total. The summed E-state index contributed by atoms with van der Waals surface area (Å²) < 4.78 is 6.20. The zero-order chi connectivity index (χ0) is 39.6. The lowest BCUT2D eigenvalue weighted by atomic mass is 9.15. The monoisotopic (exact) mass is 737 g/mol. The molecule has 1 aliphatic heterocycles. The number of likely N-dealkylation sites (tertiary alicyclic amines) is 1. The van der Waals surface area contributed by atoms with Crippen LogP contribution in [0.4, 0.5) is 0 Å². The molecule has 53 heavy (non-hydrogen) atoms. The van der Waals surface area contributed by atoms with Crippen LogP contribution in [0.15, 0.2) is 25.3 Å². The summed E-state index contributed by atoms with van der Waals surface area (Å²) in [5.41, 5.74) is 2.11. The van der Waals surface area contributed by atoms with E-state index in [2.05, 4.69) is 78.5 Å². The molecule has 0 aromatic carbocycles. The van der Waals surface area contributed by atoms with E-state index in [1.54, 1.807) is 13.8 Å². The first kappa shape index (κ1) is 42.2. The number of nitrogens with one attached hydrogen (secondary N) is 1. The van der Waals surface area contributed by atoms with Crippen molar-refractivity contribution in [1.82, 2.24) is 10.2 Å². The Morgan fingerprint density at radius 1 is 0.943 bits per heavy atom. The van der Waals surface area contributed by atoms with Gasteiger partial charge in [-0.25, -0.2) is 0 Å². The normalized spacial score (nSPS) is 44.6. The van der Waals surface area contributed by atoms with E-state index in [-0.39, 0.29) is 29.3 Å². The van der Waals surface area contributed by atoms with Crippen LogP contribution in [0.3, 0.4) is 0 Å². The number of carboxylic acids is 1. The lowest BCUT2D eigenvalue weighted by molar-refractivity contribution is -0.410. The molecular formula is C46H76N2O5. The summed E-state index contributed by atoms with van der Waals surface area (Å²) in [4.78, 5) is 36.4. The van der Waals surface area contributed by atoms with Crippen molar-refractivity contribution in [3.8, 4) is 0 Å². The Labute approximate surface area is 322 Å². The largest absolute Gasteiger partial charge is 0.481 e. The highest BCUT2D eigenvalue weighted by atomic mass is 16.5. The van der Waals surface area contributed by atoms with Crippen molar-refractivity contribution in [3.63, 3.8) is 0 Å². The number of fused-ring (bicyclic) bond motifs is 6. The fraction of sp³-hybridized carbons (Fsp3) is 0.848. The number of hydrogen-bond donors (Lipinski definition) is 2. The summed E-state index contributed by atoms with van der Waals surface area (Å²) in [6.45, 7) is 34.3. The third-order valence-electron chi connectivity index (χ3n) is 18.2. The molecule has 7 heteroatoms. The van der Waals surface area contributed by atoms with Gasteiger partial charge in [0.25, 0.3) is 0 Å². The first-order valence-electron chi connectivity index (χ1n) is 21.1. The summed E-state index contributed by atoms with van der Waals surface area (Å²) in [6, 6.07) is 0.659. The van der Waals surface area contributed by atoms with Gasteiger partial charge in [0.15, 0.2) is 0 Å². The maximum absolute atomic E-state index is 13.1. The van der Waals surface area contributed by atoms with Gasteiger partial charge in [-0.15, -0.1) is 13.2 Å². The van der Waals surface area contributed by atoms with Crippen LogP contribution in [0, 0.1) is 67.5 Å². The van der Waals surface area contributed by atoms with Crippen LogP contribution in [0.1, 0.15) is 139 Å². The fourth-order valence-electron chi connectivity index (χ4n) is 15.8. The van der Waals surface area contributed by atoms with Crippen LogP contribution in [-0.4, -0.2) is 67.1 Å². The van der Waals surface area contributed by atoms with Crippen molar-refractivity contribution >= 4 is 18.2 Å². The molecule has 0 aromatic rings. The second-order valence-electron chi connectivity index (χ2n) is 20.7. The van der Waals surface area contributed by atoms with Gasteiger partial charge in [0.05, 0.1) is 11.8 Å². The molecule has 7 aliphatic rings. The Hall–Kier alpha value is -1.99. The highest BCUT2D eigenvalue weighted by Gasteiger charge is 2.89. The molecule has 7 fully saturated rings. The van der Waals surface area contributed by atoms with E-state index in [4.69, 9.17) is 9.53 Å². The number of allylic oxidation sites excluding steroid dienone is 1. The number of ether oxygens (including phenoxy) is 1. The topological polar surface area (TPSA) is 95.9 Å². The van der Waals surface area contributed by atoms with Crippen LogP contribution >= 0.6 is 0 Å². The van der Waals surface area contributed by atoms with Crippen molar-refractivity contribution in [2.45, 2.75) is 152 Å². The van der Waals surface area contributed by atoms with Crippen molar-refractivity contribution < 1.29 is 24.2 Å². The molecule has 0 aromatic heterocycles. The molecule has 300 valence electrons. The van der Waals surface area contributed by atoms with E-state index in [1.165, 1.54) is 89.9 Å². The van der Waals surface area contributed by atoms with E-state index in [1.807, 2.05) is 0 Å². The first-order valence-corrected chi connectivity index (χ1v) is 21.1. The molecule has 12 atom stereocenters. The summed E-state index contributed by atoms with van der Waals surface area (Å²) >= 11 is 0. The van der Waals surface area contributed by atoms with Crippen LogP contribution in [0.5, 0.6) is 0 Å². The number of rotatable bonds is 9. The molecule has 7 rings (SSSR count). The van der Waals surface area contributed by atoms with Crippen molar-refractivity contribution in [1.29, 1.82) is 0 Å². The minimum absolute atomic E-state index is 0.0818. The third kappa shape index (κ3) is 5.88. The SMILES string of the molecule is C=C.C=C(C)[C@@H]1CCC2(CCN3CCC(NC)C3)CC3[C@]4(C)C(CC[C@@H]5C6(C)CCC(OC(=O)CC(C)(C)C(=O)O)C(C)(C)[C@@H]6CCC54C)[C@@]312.CC=O. The lowest BCUT2D eigenvalue weighted by Crippen LogP contribution is -2.84. The first-order chi connectivity index (χ1) is 24.8. The van der Waals surface area contributed by atoms with E-state index in [0.29, 0.717) is 45.5 Å². The van der Waals surface area contributed by atoms with Crippen molar-refractivity contribution in [2.75, 3.05) is 26.7 Å². The Balaban J connectivity index is 0.00000103. The highest BCUT2D eigenvalue weighted by molar-refractivity contribution is 5.81. The Morgan fingerprint density at radius 2 is 1.58 bits per heavy atom. The number of carbonyl (C=O) groups excluding carboxylic acids is 2. The van der Waals surface area contributed by atoms with Crippen molar-refractivity contribution in [2.24, 2.45) is 67.5 Å². The summed E-state index contributed by atoms with van der Waals surface area (Å²) in [5.74, 6) is 2.19. The number of hydrogen-bond acceptors (Lipinski definition) is 6. The molecule has 1 spiro atoms. The van der Waals surface area contributed by atoms with Crippen LogP contribution in [0.2, 0.25) is 0 Å². The fourth-order valence-corrected chi connectivity index (χ4v) is 15.8. The minimum Gasteiger partial charge on any atom is -0.481 e. The Bertz CT molecular complexity index is 1420. The average Bonchev–Trinajstić information content (AvgIpc) is 3.66. The standard InChI is InChI=1S/C42H68N2O4.C2H4O.C2H4/c1-26(2)28-13-19-41(20-22-44-21-16-27(25-44)43-10)23-32-40(9)31(42(28,32)41)12-11-30-38(7)17-15-33(48-34(45)24-36(3,4)35(46)47)37(5,6)29(38)14-18-39(30,40)8;1-2-3;1-2/h27-33,43H,1,11-25H2,2-10H3,(H,46,47);2H,1H3;1-2H2/t27?,28-,29-,30+,31?,32?,33?,38?,39?,40-,41?,42+;;/m0../s1. The maximum Gasteiger partial charge on any atom is 0.309 e. The van der Waals surface area contributed by atoms with E-state index in [0.717, 1.165) is 31.0 Å². The van der Waals surface area contributed by atoms with Crippen LogP contribution in [0.25, 0.3) is 0 Å². The molecule has 6 saturated carbocycles. The number of likely N-dealkylation sites (N-methyl/N-ethyl adjacent to an activating group) is 1. The predicted octanol–water partition coefficient (Wildman–Crippen LogP) is 9.36. The zero-order valence-corrected chi connectivity index (χ0v) is 35.4. The second kappa shape index (κ2) is 14.5. The third-order valence-corrected chi connectivity index (χ3v) is 18.2. The van der Waals surface area contributed by atoms with E-state index in [9.17, 15) is 14.7 Å². The van der Waals surface area contributed by atoms with E-state index < -0.39 is 11.4 Å². The number of aliphatic carboxylic acids is 1. The molecule has 0 bridgehead atoms. The number of nitrogens with zero attached hydrogens (tertiary/aromatic N) is 1. The molecule has 1 saturated heterocycles. The smallest absolute Gasteiger partial charge is 0.309 e. The second-order valence-corrected chi connectivity index (χ2v) is 20.7. The molecule has 6 aliphatic carbocycles. The molecule has 1 heterocycles. The quantitative estimate of drug-likeness (QED) is 0.138. The van der Waals surface area contributed by atoms with Gasteiger partial charge in [0.2, 0.25) is 0 Å². The summed E-state index contributed by atoms with van der Waals surface area (Å²) in [6.07, 6.45) is 14.5. The van der Waals surface area contributed by atoms with Crippen molar-refractivity contribution in [3.05, 3.63) is 25.3 Å². The van der Waals surface area contributed by atoms with Gasteiger partial charge >= 0.3 is 11.9 Å². The van der Waals surface area contributed by atoms with Gasteiger partial charge < -0.3 is 24.9 Å². The van der Waals surface area contributed by atoms with E-state index >= 15 is 0 Å². The van der Waals surface area contributed by atoms with Crippen LogP contribution in [-0.2, 0) is 19.1 Å². The highest BCUT2D eigenvalue weighted by Crippen LogP contribution is 2.94. The molecule has 0 radical (unpaired) electrons. The van der Waals surface area contributed by atoms with Gasteiger partial charge in [-0.05, 0) is 175 Å². The number of esters is 1.